The molecule has 1 unspecified atom stereocenters. The molecule has 0 aliphatic carbocycles. The Bertz CT molecular complexity index is 618. The highest BCUT2D eigenvalue weighted by Gasteiger charge is 2.21. The quantitative estimate of drug-likeness (QED) is 0.754. The topological polar surface area (TPSA) is 82.2 Å². The number of carbonyl (C=O) groups excluding carboxylic acids is 1. The fourth-order valence-corrected chi connectivity index (χ4v) is 2.21. The van der Waals surface area contributed by atoms with Gasteiger partial charge in [-0.3, -0.25) is 4.79 Å². The Balaban J connectivity index is 2.15. The summed E-state index contributed by atoms with van der Waals surface area (Å²) in [6.45, 7) is 1.88. The zero-order valence-corrected chi connectivity index (χ0v) is 11.3. The molecule has 1 atom stereocenters. The van der Waals surface area contributed by atoms with E-state index in [2.05, 4.69) is 10.3 Å². The van der Waals surface area contributed by atoms with Crippen LogP contribution in [0.3, 0.4) is 0 Å². The highest BCUT2D eigenvalue weighted by Crippen LogP contribution is 2.19. The summed E-state index contributed by atoms with van der Waals surface area (Å²) >= 11 is 0. The van der Waals surface area contributed by atoms with Crippen LogP contribution in [0, 0.1) is 0 Å². The molecule has 3 N–H and O–H groups in total. The van der Waals surface area contributed by atoms with Gasteiger partial charge in [-0.25, -0.2) is 4.79 Å². The third kappa shape index (κ3) is 3.17. The van der Waals surface area contributed by atoms with Crippen LogP contribution in [-0.2, 0) is 16.0 Å². The van der Waals surface area contributed by atoms with Gasteiger partial charge < -0.3 is 15.4 Å². The molecular formula is C15H18N2O3. The lowest BCUT2D eigenvalue weighted by atomic mass is 10.0. The number of aromatic nitrogens is 1. The highest BCUT2D eigenvalue weighted by molar-refractivity contribution is 5.86. The lowest BCUT2D eigenvalue weighted by molar-refractivity contribution is -0.141. The Hall–Kier alpha value is -2.30. The van der Waals surface area contributed by atoms with E-state index < -0.39 is 12.0 Å². The Morgan fingerprint density at radius 1 is 1.35 bits per heavy atom. The first-order valence-electron chi connectivity index (χ1n) is 6.69. The maximum Gasteiger partial charge on any atom is 0.326 e. The predicted molar refractivity (Wildman–Crippen MR) is 76.5 cm³/mol. The number of carbonyl (C=O) groups is 2. The third-order valence-electron chi connectivity index (χ3n) is 3.21. The number of carboxylic acid groups (broad SMARTS) is 1. The molecule has 2 aromatic rings. The van der Waals surface area contributed by atoms with Gasteiger partial charge in [0.15, 0.2) is 0 Å². The van der Waals surface area contributed by atoms with Crippen molar-refractivity contribution in [2.75, 3.05) is 0 Å². The normalized spacial score (nSPS) is 12.2. The summed E-state index contributed by atoms with van der Waals surface area (Å²) < 4.78 is 0. The molecule has 0 aliphatic heterocycles. The van der Waals surface area contributed by atoms with E-state index in [9.17, 15) is 14.7 Å². The molecule has 20 heavy (non-hydrogen) atoms. The highest BCUT2D eigenvalue weighted by atomic mass is 16.4. The van der Waals surface area contributed by atoms with Gasteiger partial charge in [0.05, 0.1) is 0 Å². The molecule has 2 rings (SSSR count). The summed E-state index contributed by atoms with van der Waals surface area (Å²) in [4.78, 5) is 25.9. The van der Waals surface area contributed by atoms with Crippen molar-refractivity contribution in [3.63, 3.8) is 0 Å². The molecule has 0 aliphatic rings. The second-order valence-corrected chi connectivity index (χ2v) is 4.77. The standard InChI is InChI=1S/C15H18N2O3/c1-2-5-14(18)17-13(15(19)20)8-10-9-16-12-7-4-3-6-11(10)12/h3-4,6-7,9,13,16H,2,5,8H2,1H3,(H,17,18)(H,19,20). The van der Waals surface area contributed by atoms with Crippen molar-refractivity contribution in [2.24, 2.45) is 0 Å². The first kappa shape index (κ1) is 14.1. The van der Waals surface area contributed by atoms with Crippen LogP contribution in [0.15, 0.2) is 30.5 Å². The van der Waals surface area contributed by atoms with Crippen LogP contribution in [0.5, 0.6) is 0 Å². The van der Waals surface area contributed by atoms with Crippen molar-refractivity contribution in [1.29, 1.82) is 0 Å². The van der Waals surface area contributed by atoms with Crippen LogP contribution in [0.1, 0.15) is 25.3 Å². The smallest absolute Gasteiger partial charge is 0.326 e. The fourth-order valence-electron chi connectivity index (χ4n) is 2.21. The lowest BCUT2D eigenvalue weighted by Crippen LogP contribution is -2.42. The van der Waals surface area contributed by atoms with Gasteiger partial charge in [0.2, 0.25) is 5.91 Å². The van der Waals surface area contributed by atoms with E-state index in [1.807, 2.05) is 31.2 Å². The number of benzene rings is 1. The number of nitrogens with one attached hydrogen (secondary N) is 2. The molecule has 0 bridgehead atoms. The van der Waals surface area contributed by atoms with Crippen LogP contribution in [0.25, 0.3) is 10.9 Å². The maximum absolute atomic E-state index is 11.6. The van der Waals surface area contributed by atoms with Gasteiger partial charge in [0.25, 0.3) is 0 Å². The van der Waals surface area contributed by atoms with Crippen LogP contribution >= 0.6 is 0 Å². The largest absolute Gasteiger partial charge is 0.480 e. The molecule has 0 spiro atoms. The molecule has 5 heteroatoms. The van der Waals surface area contributed by atoms with Crippen molar-refractivity contribution in [1.82, 2.24) is 10.3 Å². The molecule has 1 aromatic heterocycles. The van der Waals surface area contributed by atoms with E-state index in [1.54, 1.807) is 6.20 Å². The minimum absolute atomic E-state index is 0.222. The number of hydrogen-bond acceptors (Lipinski definition) is 2. The average Bonchev–Trinajstić information content (AvgIpc) is 2.82. The van der Waals surface area contributed by atoms with Gasteiger partial charge in [0, 0.05) is 29.9 Å². The van der Waals surface area contributed by atoms with E-state index in [0.717, 1.165) is 16.5 Å². The first-order valence-corrected chi connectivity index (χ1v) is 6.69. The lowest BCUT2D eigenvalue weighted by Gasteiger charge is -2.13. The van der Waals surface area contributed by atoms with Crippen molar-refractivity contribution >= 4 is 22.8 Å². The van der Waals surface area contributed by atoms with E-state index in [-0.39, 0.29) is 12.3 Å². The molecule has 0 fully saturated rings. The van der Waals surface area contributed by atoms with Crippen LogP contribution in [0.2, 0.25) is 0 Å². The number of H-pyrrole nitrogens is 1. The Labute approximate surface area is 117 Å². The number of aromatic amines is 1. The van der Waals surface area contributed by atoms with Gasteiger partial charge in [-0.15, -0.1) is 0 Å². The van der Waals surface area contributed by atoms with Crippen molar-refractivity contribution in [3.8, 4) is 0 Å². The molecule has 5 nitrogen and oxygen atoms in total. The molecule has 106 valence electrons. The van der Waals surface area contributed by atoms with E-state index in [0.29, 0.717) is 12.8 Å². The van der Waals surface area contributed by atoms with Gasteiger partial charge >= 0.3 is 5.97 Å². The van der Waals surface area contributed by atoms with Crippen LogP contribution < -0.4 is 5.32 Å². The second-order valence-electron chi connectivity index (χ2n) is 4.77. The summed E-state index contributed by atoms with van der Waals surface area (Å²) in [5.74, 6) is -1.24. The van der Waals surface area contributed by atoms with Gasteiger partial charge in [-0.2, -0.15) is 0 Å². The monoisotopic (exact) mass is 274 g/mol. The van der Waals surface area contributed by atoms with Gasteiger partial charge in [-0.05, 0) is 18.1 Å². The Morgan fingerprint density at radius 2 is 2.10 bits per heavy atom. The third-order valence-corrected chi connectivity index (χ3v) is 3.21. The average molecular weight is 274 g/mol. The van der Waals surface area contributed by atoms with E-state index >= 15 is 0 Å². The second kappa shape index (κ2) is 6.23. The molecule has 1 aromatic carbocycles. The number of carboxylic acids is 1. The molecule has 1 heterocycles. The summed E-state index contributed by atoms with van der Waals surface area (Å²) in [5.41, 5.74) is 1.86. The molecule has 0 saturated heterocycles. The SMILES string of the molecule is CCCC(=O)NC(Cc1c[nH]c2ccccc12)C(=O)O. The summed E-state index contributed by atoms with van der Waals surface area (Å²) in [5, 5.41) is 12.8. The van der Waals surface area contributed by atoms with Crippen molar-refractivity contribution in [2.45, 2.75) is 32.2 Å². The fraction of sp³-hybridized carbons (Fsp3) is 0.333. The first-order chi connectivity index (χ1) is 9.61. The Kier molecular flexibility index (Phi) is 4.40. The van der Waals surface area contributed by atoms with Gasteiger partial charge in [0.1, 0.15) is 6.04 Å². The number of rotatable bonds is 6. The van der Waals surface area contributed by atoms with E-state index in [1.165, 1.54) is 0 Å². The van der Waals surface area contributed by atoms with E-state index in [4.69, 9.17) is 0 Å². The number of amides is 1. The van der Waals surface area contributed by atoms with Gasteiger partial charge in [-0.1, -0.05) is 25.1 Å². The maximum atomic E-state index is 11.6. The summed E-state index contributed by atoms with van der Waals surface area (Å²) in [6, 6.07) is 6.80. The number of aliphatic carboxylic acids is 1. The molecule has 0 radical (unpaired) electrons. The van der Waals surface area contributed by atoms with Crippen molar-refractivity contribution in [3.05, 3.63) is 36.0 Å². The Morgan fingerprint density at radius 3 is 2.80 bits per heavy atom. The van der Waals surface area contributed by atoms with Crippen LogP contribution in [-0.4, -0.2) is 28.0 Å². The van der Waals surface area contributed by atoms with Crippen LogP contribution in [0.4, 0.5) is 0 Å². The minimum Gasteiger partial charge on any atom is -0.480 e. The molecule has 1 amide bonds. The zero-order chi connectivity index (χ0) is 14.5. The summed E-state index contributed by atoms with van der Waals surface area (Å²) in [7, 11) is 0. The minimum atomic E-state index is -1.01. The predicted octanol–water partition coefficient (Wildman–Crippen LogP) is 2.08. The number of para-hydroxylation sites is 1. The summed E-state index contributed by atoms with van der Waals surface area (Å²) in [6.07, 6.45) is 3.12. The number of fused-ring (bicyclic) bond motifs is 1. The number of hydrogen-bond donors (Lipinski definition) is 3. The zero-order valence-electron chi connectivity index (χ0n) is 11.3. The molecule has 0 saturated carbocycles. The van der Waals surface area contributed by atoms with Crippen molar-refractivity contribution < 1.29 is 14.7 Å². The molecular weight excluding hydrogens is 256 g/mol.